The molecule has 1 heterocycles. The van der Waals surface area contributed by atoms with Crippen molar-refractivity contribution in [1.82, 2.24) is 4.90 Å². The second kappa shape index (κ2) is 7.36. The van der Waals surface area contributed by atoms with Crippen LogP contribution in [0.3, 0.4) is 0 Å². The molecule has 0 saturated heterocycles. The molecule has 0 aliphatic rings. The summed E-state index contributed by atoms with van der Waals surface area (Å²) in [5, 5.41) is 2.14. The van der Waals surface area contributed by atoms with Gasteiger partial charge in [0.1, 0.15) is 0 Å². The minimum atomic E-state index is 0.252. The van der Waals surface area contributed by atoms with Gasteiger partial charge in [0.05, 0.1) is 0 Å². The van der Waals surface area contributed by atoms with Crippen LogP contribution in [-0.2, 0) is 6.42 Å². The first-order valence-electron chi connectivity index (χ1n) is 6.81. The first-order valence-corrected chi connectivity index (χ1v) is 8.49. The minimum absolute atomic E-state index is 0.252. The number of nitrogens with two attached hydrogens (primary N) is 1. The fourth-order valence-electron chi connectivity index (χ4n) is 2.42. The van der Waals surface area contributed by atoms with Crippen LogP contribution in [0.25, 0.3) is 0 Å². The molecule has 2 aromatic rings. The van der Waals surface area contributed by atoms with E-state index in [1.54, 1.807) is 0 Å². The predicted octanol–water partition coefficient (Wildman–Crippen LogP) is 4.07. The highest BCUT2D eigenvalue weighted by molar-refractivity contribution is 9.10. The van der Waals surface area contributed by atoms with Gasteiger partial charge in [-0.2, -0.15) is 0 Å². The van der Waals surface area contributed by atoms with Gasteiger partial charge in [-0.15, -0.1) is 11.3 Å². The lowest BCUT2D eigenvalue weighted by Gasteiger charge is -2.32. The standard InChI is InChI=1S/C16H21BrN2S/c1-12(9-15-7-4-8-20-15)19(2)16(11-18)13-5-3-6-14(17)10-13/h3-8,10,12,16H,9,11,18H2,1-2H3. The number of halogens is 1. The average molecular weight is 353 g/mol. The molecule has 2 atom stereocenters. The van der Waals surface area contributed by atoms with E-state index in [9.17, 15) is 0 Å². The third-order valence-corrected chi connectivity index (χ3v) is 5.11. The Morgan fingerprint density at radius 3 is 2.70 bits per heavy atom. The molecule has 1 aromatic heterocycles. The normalized spacial score (nSPS) is 14.4. The number of hydrogen-bond acceptors (Lipinski definition) is 3. The lowest BCUT2D eigenvalue weighted by Crippen LogP contribution is -2.38. The average Bonchev–Trinajstić information content (AvgIpc) is 2.92. The number of hydrogen-bond donors (Lipinski definition) is 1. The zero-order valence-corrected chi connectivity index (χ0v) is 14.3. The maximum atomic E-state index is 6.01. The summed E-state index contributed by atoms with van der Waals surface area (Å²) in [4.78, 5) is 3.80. The molecule has 0 saturated carbocycles. The van der Waals surface area contributed by atoms with Crippen LogP contribution in [0, 0.1) is 0 Å². The number of rotatable bonds is 6. The van der Waals surface area contributed by atoms with Crippen molar-refractivity contribution in [2.45, 2.75) is 25.4 Å². The summed E-state index contributed by atoms with van der Waals surface area (Å²) in [6.45, 7) is 2.89. The molecule has 2 rings (SSSR count). The van der Waals surface area contributed by atoms with E-state index in [0.717, 1.165) is 10.9 Å². The Morgan fingerprint density at radius 1 is 1.30 bits per heavy atom. The van der Waals surface area contributed by atoms with Gasteiger partial charge in [0.25, 0.3) is 0 Å². The number of benzene rings is 1. The third kappa shape index (κ3) is 3.92. The summed E-state index contributed by atoms with van der Waals surface area (Å²) in [6.07, 6.45) is 1.07. The maximum absolute atomic E-state index is 6.01. The molecule has 1 aromatic carbocycles. The Kier molecular flexibility index (Phi) is 5.78. The minimum Gasteiger partial charge on any atom is -0.329 e. The first-order chi connectivity index (χ1) is 9.61. The highest BCUT2D eigenvalue weighted by Crippen LogP contribution is 2.25. The summed E-state index contributed by atoms with van der Waals surface area (Å²) in [7, 11) is 2.16. The van der Waals surface area contributed by atoms with E-state index >= 15 is 0 Å². The van der Waals surface area contributed by atoms with Crippen molar-refractivity contribution < 1.29 is 0 Å². The van der Waals surface area contributed by atoms with Gasteiger partial charge in [0.15, 0.2) is 0 Å². The van der Waals surface area contributed by atoms with Gasteiger partial charge >= 0.3 is 0 Å². The number of nitrogens with zero attached hydrogens (tertiary/aromatic N) is 1. The molecule has 0 fully saturated rings. The molecule has 0 radical (unpaired) electrons. The molecular formula is C16H21BrN2S. The Labute approximate surface area is 133 Å². The van der Waals surface area contributed by atoms with Crippen molar-refractivity contribution in [1.29, 1.82) is 0 Å². The summed E-state index contributed by atoms with van der Waals surface area (Å²) in [5.74, 6) is 0. The van der Waals surface area contributed by atoms with Crippen LogP contribution in [-0.4, -0.2) is 24.5 Å². The van der Waals surface area contributed by atoms with Crippen LogP contribution in [0.15, 0.2) is 46.3 Å². The van der Waals surface area contributed by atoms with Crippen LogP contribution < -0.4 is 5.73 Å². The molecule has 0 aliphatic carbocycles. The van der Waals surface area contributed by atoms with Gasteiger partial charge in [-0.1, -0.05) is 34.1 Å². The van der Waals surface area contributed by atoms with E-state index in [2.05, 4.69) is 70.5 Å². The van der Waals surface area contributed by atoms with E-state index in [4.69, 9.17) is 5.73 Å². The summed E-state index contributed by atoms with van der Waals surface area (Å²) in [5.41, 5.74) is 7.28. The summed E-state index contributed by atoms with van der Waals surface area (Å²) >= 11 is 5.36. The molecule has 0 amide bonds. The fourth-order valence-corrected chi connectivity index (χ4v) is 3.67. The van der Waals surface area contributed by atoms with Crippen molar-refractivity contribution in [3.63, 3.8) is 0 Å². The van der Waals surface area contributed by atoms with Crippen LogP contribution in [0.5, 0.6) is 0 Å². The van der Waals surface area contributed by atoms with Gasteiger partial charge in [-0.25, -0.2) is 0 Å². The van der Waals surface area contributed by atoms with Crippen LogP contribution >= 0.6 is 27.3 Å². The van der Waals surface area contributed by atoms with Crippen molar-refractivity contribution in [2.75, 3.05) is 13.6 Å². The zero-order chi connectivity index (χ0) is 14.5. The molecule has 0 bridgehead atoms. The van der Waals surface area contributed by atoms with E-state index in [1.165, 1.54) is 10.4 Å². The topological polar surface area (TPSA) is 29.3 Å². The van der Waals surface area contributed by atoms with Crippen LogP contribution in [0.1, 0.15) is 23.4 Å². The second-order valence-electron chi connectivity index (χ2n) is 5.10. The van der Waals surface area contributed by atoms with Gasteiger partial charge in [-0.3, -0.25) is 4.90 Å². The molecule has 108 valence electrons. The Bertz CT molecular complexity index is 527. The van der Waals surface area contributed by atoms with Gasteiger partial charge in [0.2, 0.25) is 0 Å². The van der Waals surface area contributed by atoms with E-state index < -0.39 is 0 Å². The molecule has 2 N–H and O–H groups in total. The third-order valence-electron chi connectivity index (χ3n) is 3.72. The molecule has 20 heavy (non-hydrogen) atoms. The lowest BCUT2D eigenvalue weighted by atomic mass is 10.0. The maximum Gasteiger partial charge on any atom is 0.0470 e. The molecule has 0 aliphatic heterocycles. The highest BCUT2D eigenvalue weighted by Gasteiger charge is 2.20. The van der Waals surface area contributed by atoms with Crippen molar-refractivity contribution >= 4 is 27.3 Å². The van der Waals surface area contributed by atoms with Crippen molar-refractivity contribution in [2.24, 2.45) is 5.73 Å². The van der Waals surface area contributed by atoms with Crippen molar-refractivity contribution in [3.05, 3.63) is 56.7 Å². The Hall–Kier alpha value is -0.680. The lowest BCUT2D eigenvalue weighted by molar-refractivity contribution is 0.188. The summed E-state index contributed by atoms with van der Waals surface area (Å²) < 4.78 is 1.10. The SMILES string of the molecule is CC(Cc1cccs1)N(C)C(CN)c1cccc(Br)c1. The molecule has 0 spiro atoms. The number of likely N-dealkylation sites (N-methyl/N-ethyl adjacent to an activating group) is 1. The highest BCUT2D eigenvalue weighted by atomic mass is 79.9. The van der Waals surface area contributed by atoms with Gasteiger partial charge in [0, 0.05) is 28.0 Å². The van der Waals surface area contributed by atoms with Gasteiger partial charge < -0.3 is 5.73 Å². The molecule has 4 heteroatoms. The van der Waals surface area contributed by atoms with Gasteiger partial charge in [-0.05, 0) is 49.5 Å². The monoisotopic (exact) mass is 352 g/mol. The predicted molar refractivity (Wildman–Crippen MR) is 91.2 cm³/mol. The quantitative estimate of drug-likeness (QED) is 0.848. The fraction of sp³-hybridized carbons (Fsp3) is 0.375. The van der Waals surface area contributed by atoms with Crippen LogP contribution in [0.4, 0.5) is 0 Å². The van der Waals surface area contributed by atoms with E-state index in [0.29, 0.717) is 12.6 Å². The Balaban J connectivity index is 2.10. The van der Waals surface area contributed by atoms with E-state index in [1.807, 2.05) is 17.4 Å². The molecule has 2 unspecified atom stereocenters. The largest absolute Gasteiger partial charge is 0.329 e. The molecular weight excluding hydrogens is 332 g/mol. The van der Waals surface area contributed by atoms with E-state index in [-0.39, 0.29) is 6.04 Å². The first kappa shape index (κ1) is 15.7. The number of thiophene rings is 1. The smallest absolute Gasteiger partial charge is 0.0470 e. The zero-order valence-electron chi connectivity index (χ0n) is 11.9. The molecule has 2 nitrogen and oxygen atoms in total. The Morgan fingerprint density at radius 2 is 2.10 bits per heavy atom. The van der Waals surface area contributed by atoms with Crippen molar-refractivity contribution in [3.8, 4) is 0 Å². The van der Waals surface area contributed by atoms with Crippen LogP contribution in [0.2, 0.25) is 0 Å². The summed E-state index contributed by atoms with van der Waals surface area (Å²) in [6, 6.07) is 13.4. The second-order valence-corrected chi connectivity index (χ2v) is 7.05.